The van der Waals surface area contributed by atoms with Crippen LogP contribution < -0.4 is 0 Å². The highest BCUT2D eigenvalue weighted by atomic mass is 32.1. The number of rotatable bonds is 2. The second-order valence-corrected chi connectivity index (χ2v) is 0.523. The highest BCUT2D eigenvalue weighted by Crippen LogP contribution is 1.55. The van der Waals surface area contributed by atoms with Crippen molar-refractivity contribution in [2.24, 2.45) is 0 Å². The van der Waals surface area contributed by atoms with Crippen molar-refractivity contribution in [1.82, 2.24) is 0 Å². The Hall–Kier alpha value is -0.150. The van der Waals surface area contributed by atoms with E-state index in [4.69, 9.17) is 5.11 Å². The molecule has 0 aliphatic carbocycles. The molecule has 0 atom stereocenters. The van der Waals surface area contributed by atoms with E-state index < -0.39 is 0 Å². The fourth-order valence-electron chi connectivity index (χ4n) is 0.0264. The van der Waals surface area contributed by atoms with Crippen LogP contribution in [0.2, 0.25) is 0 Å². The molecule has 0 bridgehead atoms. The smallest absolute Gasteiger partial charge is 0.241 e. The minimum absolute atomic E-state index is 0.372. The fourth-order valence-corrected chi connectivity index (χ4v) is 0.0791. The van der Waals surface area contributed by atoms with Crippen molar-refractivity contribution >= 4 is 17.8 Å². The highest BCUT2D eigenvalue weighted by molar-refractivity contribution is 7.78. The van der Waals surface area contributed by atoms with Crippen LogP contribution >= 0.6 is 12.2 Å². The Morgan fingerprint density at radius 2 is 2.60 bits per heavy atom. The molecule has 0 fully saturated rings. The Morgan fingerprint density at radius 1 is 2.00 bits per heavy atom. The maximum absolute atomic E-state index is 7.71. The number of ether oxygens (including phenoxy) is 1. The minimum Gasteiger partial charge on any atom is -0.453 e. The summed E-state index contributed by atoms with van der Waals surface area (Å²) < 4.78 is 3.95. The molecular weight excluding hydrogens is 88.1 g/mol. The first-order valence-electron chi connectivity index (χ1n) is 1.01. The van der Waals surface area contributed by atoms with E-state index in [2.05, 4.69) is 17.0 Å². The van der Waals surface area contributed by atoms with Gasteiger partial charge in [0.15, 0.2) is 6.79 Å². The van der Waals surface area contributed by atoms with Gasteiger partial charge in [0.05, 0.1) is 0 Å². The van der Waals surface area contributed by atoms with Gasteiger partial charge in [-0.3, -0.25) is 0 Å². The van der Waals surface area contributed by atoms with Crippen LogP contribution in [0.4, 0.5) is 0 Å². The zero-order valence-corrected chi connectivity index (χ0v) is 3.29. The molecule has 5 heavy (non-hydrogen) atoms. The lowest BCUT2D eigenvalue weighted by Gasteiger charge is -1.80. The summed E-state index contributed by atoms with van der Waals surface area (Å²) >= 11 is 4.02. The van der Waals surface area contributed by atoms with E-state index in [0.717, 1.165) is 0 Å². The summed E-state index contributed by atoms with van der Waals surface area (Å²) in [5.41, 5.74) is 1.85. The molecule has 0 aromatic rings. The normalized spacial score (nSPS) is 6.60. The van der Waals surface area contributed by atoms with Gasteiger partial charge in [-0.1, -0.05) is 0 Å². The van der Waals surface area contributed by atoms with Gasteiger partial charge in [0, 0.05) is 0 Å². The second-order valence-electron chi connectivity index (χ2n) is 0.357. The van der Waals surface area contributed by atoms with Gasteiger partial charge in [0.25, 0.3) is 0 Å². The molecule has 1 radical (unpaired) electrons. The lowest BCUT2D eigenvalue weighted by Crippen LogP contribution is -1.83. The van der Waals surface area contributed by atoms with Crippen molar-refractivity contribution in [2.75, 3.05) is 6.79 Å². The Labute approximate surface area is 35.4 Å². The predicted molar refractivity (Wildman–Crippen MR) is 20.8 cm³/mol. The molecule has 29 valence electrons. The quantitative estimate of drug-likeness (QED) is 0.376. The SMILES string of the molecule is OCO[C]=S. The van der Waals surface area contributed by atoms with Crippen LogP contribution in [0.25, 0.3) is 0 Å². The van der Waals surface area contributed by atoms with Crippen LogP contribution in [0.1, 0.15) is 0 Å². The summed E-state index contributed by atoms with van der Waals surface area (Å²) in [6, 6.07) is 0. The Bertz CT molecular complexity index is 28.8. The summed E-state index contributed by atoms with van der Waals surface area (Å²) in [5, 5.41) is 7.71. The first-order chi connectivity index (χ1) is 2.41. The van der Waals surface area contributed by atoms with Gasteiger partial charge in [-0.05, 0) is 12.2 Å². The van der Waals surface area contributed by atoms with E-state index in [1.54, 1.807) is 0 Å². The average molecular weight is 91.1 g/mol. The molecule has 0 spiro atoms. The molecular formula is C2H3O2S. The standard InChI is InChI=1S/C2H3O2S/c3-1-4-2-5/h3H,1H2. The summed E-state index contributed by atoms with van der Waals surface area (Å²) in [6.07, 6.45) is 0. The largest absolute Gasteiger partial charge is 0.453 e. The molecule has 0 rings (SSSR count). The van der Waals surface area contributed by atoms with Crippen molar-refractivity contribution in [3.05, 3.63) is 0 Å². The molecule has 0 saturated carbocycles. The number of hydrogen-bond acceptors (Lipinski definition) is 3. The van der Waals surface area contributed by atoms with E-state index in [-0.39, 0.29) is 6.79 Å². The Balaban J connectivity index is 2.40. The van der Waals surface area contributed by atoms with Gasteiger partial charge >= 0.3 is 0 Å². The van der Waals surface area contributed by atoms with E-state index in [1.807, 2.05) is 5.55 Å². The van der Waals surface area contributed by atoms with Gasteiger partial charge in [-0.15, -0.1) is 0 Å². The molecule has 0 heterocycles. The number of hydrogen-bond donors (Lipinski definition) is 1. The lowest BCUT2D eigenvalue weighted by molar-refractivity contribution is 0.0979. The van der Waals surface area contributed by atoms with E-state index in [1.165, 1.54) is 0 Å². The average Bonchev–Trinajstić information content (AvgIpc) is 1.41. The maximum Gasteiger partial charge on any atom is 0.241 e. The summed E-state index contributed by atoms with van der Waals surface area (Å²) in [7, 11) is 0. The van der Waals surface area contributed by atoms with Gasteiger partial charge in [-0.2, -0.15) is 0 Å². The topological polar surface area (TPSA) is 29.5 Å². The van der Waals surface area contributed by atoms with Crippen molar-refractivity contribution in [3.63, 3.8) is 0 Å². The third kappa shape index (κ3) is 3.85. The van der Waals surface area contributed by atoms with Crippen LogP contribution in [0.15, 0.2) is 0 Å². The molecule has 0 aromatic carbocycles. The third-order valence-corrected chi connectivity index (χ3v) is 0.241. The Kier molecular flexibility index (Phi) is 3.73. The summed E-state index contributed by atoms with van der Waals surface area (Å²) in [4.78, 5) is 0. The van der Waals surface area contributed by atoms with Gasteiger partial charge in [0.2, 0.25) is 5.55 Å². The molecule has 0 aromatic heterocycles. The highest BCUT2D eigenvalue weighted by Gasteiger charge is 1.60. The predicted octanol–water partition coefficient (Wildman–Crippen LogP) is -0.213. The van der Waals surface area contributed by atoms with Crippen molar-refractivity contribution in [3.8, 4) is 0 Å². The van der Waals surface area contributed by atoms with E-state index in [0.29, 0.717) is 0 Å². The first kappa shape index (κ1) is 4.85. The minimum atomic E-state index is -0.372. The third-order valence-electron chi connectivity index (χ3n) is 0.123. The molecule has 0 saturated heterocycles. The van der Waals surface area contributed by atoms with Crippen molar-refractivity contribution < 1.29 is 9.84 Å². The molecule has 2 nitrogen and oxygen atoms in total. The zero-order chi connectivity index (χ0) is 4.12. The fraction of sp³-hybridized carbons (Fsp3) is 0.500. The van der Waals surface area contributed by atoms with Crippen molar-refractivity contribution in [2.45, 2.75) is 0 Å². The van der Waals surface area contributed by atoms with Crippen LogP contribution in [0.3, 0.4) is 0 Å². The van der Waals surface area contributed by atoms with Crippen LogP contribution in [0, 0.1) is 0 Å². The monoisotopic (exact) mass is 91.0 g/mol. The van der Waals surface area contributed by atoms with Gasteiger partial charge < -0.3 is 9.84 Å². The Morgan fingerprint density at radius 3 is 2.60 bits per heavy atom. The molecule has 3 heteroatoms. The van der Waals surface area contributed by atoms with Crippen LogP contribution in [0.5, 0.6) is 0 Å². The van der Waals surface area contributed by atoms with E-state index in [9.17, 15) is 0 Å². The molecule has 0 amide bonds. The van der Waals surface area contributed by atoms with Gasteiger partial charge in [0.1, 0.15) is 0 Å². The number of thiocarbonyl (C=S) groups is 1. The summed E-state index contributed by atoms with van der Waals surface area (Å²) in [6.45, 7) is -0.372. The van der Waals surface area contributed by atoms with E-state index >= 15 is 0 Å². The molecule has 0 aliphatic heterocycles. The maximum atomic E-state index is 7.71. The number of aliphatic hydroxyl groups excluding tert-OH is 1. The first-order valence-corrected chi connectivity index (χ1v) is 1.42. The molecule has 0 aliphatic rings. The molecule has 0 unspecified atom stereocenters. The van der Waals surface area contributed by atoms with Crippen LogP contribution in [-0.4, -0.2) is 17.5 Å². The zero-order valence-electron chi connectivity index (χ0n) is 2.47. The lowest BCUT2D eigenvalue weighted by atomic mass is 11.4. The molecule has 1 N–H and O–H groups in total. The number of aliphatic hydroxyl groups is 1. The van der Waals surface area contributed by atoms with Gasteiger partial charge in [-0.25, -0.2) is 0 Å². The van der Waals surface area contributed by atoms with Crippen molar-refractivity contribution in [1.29, 1.82) is 0 Å². The summed E-state index contributed by atoms with van der Waals surface area (Å²) in [5.74, 6) is 0. The van der Waals surface area contributed by atoms with Crippen LogP contribution in [-0.2, 0) is 4.74 Å². The second kappa shape index (κ2) is 3.85.